The number of anilines is 1. The van der Waals surface area contributed by atoms with Gasteiger partial charge in [-0.15, -0.1) is 0 Å². The Balaban J connectivity index is 2.36. The lowest BCUT2D eigenvalue weighted by molar-refractivity contribution is 0.340. The minimum Gasteiger partial charge on any atom is -0.494 e. The summed E-state index contributed by atoms with van der Waals surface area (Å²) in [6, 6.07) is 8.20. The highest BCUT2D eigenvalue weighted by atomic mass is 16.5. The molecule has 17 heavy (non-hydrogen) atoms. The molecule has 0 fully saturated rings. The number of hydrogen-bond donors (Lipinski definition) is 2. The maximum atomic E-state index is 6.01. The van der Waals surface area contributed by atoms with Crippen molar-refractivity contribution in [2.75, 3.05) is 18.5 Å². The number of benzene rings is 1. The topological polar surface area (TPSA) is 47.3 Å². The minimum atomic E-state index is 0.210. The molecule has 0 aliphatic heterocycles. The lowest BCUT2D eigenvalue weighted by atomic mass is 10.0. The zero-order valence-corrected chi connectivity index (χ0v) is 11.1. The molecule has 1 rings (SSSR count). The van der Waals surface area contributed by atoms with Crippen molar-refractivity contribution in [1.29, 1.82) is 0 Å². The number of hydrogen-bond acceptors (Lipinski definition) is 3. The highest BCUT2D eigenvalue weighted by Gasteiger charge is 2.04. The summed E-state index contributed by atoms with van der Waals surface area (Å²) in [7, 11) is 0. The largest absolute Gasteiger partial charge is 0.494 e. The molecule has 0 aliphatic carbocycles. The maximum Gasteiger partial charge on any atom is 0.119 e. The van der Waals surface area contributed by atoms with E-state index in [0.717, 1.165) is 24.4 Å². The second-order valence-corrected chi connectivity index (χ2v) is 4.73. The summed E-state index contributed by atoms with van der Waals surface area (Å²) >= 11 is 0. The Hall–Kier alpha value is -1.22. The SMILES string of the molecule is CCOc1ccc(NCC(N)CC(C)C)cc1. The molecule has 3 N–H and O–H groups in total. The van der Waals surface area contributed by atoms with Crippen LogP contribution in [0.25, 0.3) is 0 Å². The Bertz CT molecular complexity index is 309. The van der Waals surface area contributed by atoms with Gasteiger partial charge in [-0.25, -0.2) is 0 Å². The molecule has 1 aromatic carbocycles. The predicted octanol–water partition coefficient (Wildman–Crippen LogP) is 2.87. The summed E-state index contributed by atoms with van der Waals surface area (Å²) in [5, 5.41) is 3.34. The average molecular weight is 236 g/mol. The van der Waals surface area contributed by atoms with E-state index in [1.54, 1.807) is 0 Å². The minimum absolute atomic E-state index is 0.210. The van der Waals surface area contributed by atoms with Crippen molar-refractivity contribution in [2.24, 2.45) is 11.7 Å². The molecular formula is C14H24N2O. The van der Waals surface area contributed by atoms with E-state index < -0.39 is 0 Å². The zero-order chi connectivity index (χ0) is 12.7. The van der Waals surface area contributed by atoms with Crippen molar-refractivity contribution in [2.45, 2.75) is 33.2 Å². The molecule has 0 radical (unpaired) electrons. The first-order valence-electron chi connectivity index (χ1n) is 6.34. The highest BCUT2D eigenvalue weighted by Crippen LogP contribution is 2.15. The van der Waals surface area contributed by atoms with Gasteiger partial charge < -0.3 is 15.8 Å². The molecule has 1 unspecified atom stereocenters. The van der Waals surface area contributed by atoms with Gasteiger partial charge in [-0.05, 0) is 43.5 Å². The summed E-state index contributed by atoms with van der Waals surface area (Å²) in [6.07, 6.45) is 1.05. The first-order valence-corrected chi connectivity index (χ1v) is 6.34. The van der Waals surface area contributed by atoms with Gasteiger partial charge in [-0.1, -0.05) is 13.8 Å². The fourth-order valence-electron chi connectivity index (χ4n) is 1.77. The number of nitrogens with two attached hydrogens (primary N) is 1. The van der Waals surface area contributed by atoms with Gasteiger partial charge in [0.1, 0.15) is 5.75 Å². The fraction of sp³-hybridized carbons (Fsp3) is 0.571. The van der Waals surface area contributed by atoms with Crippen molar-refractivity contribution in [3.63, 3.8) is 0 Å². The van der Waals surface area contributed by atoms with Crippen molar-refractivity contribution in [3.8, 4) is 5.75 Å². The highest BCUT2D eigenvalue weighted by molar-refractivity contribution is 5.46. The van der Waals surface area contributed by atoms with Crippen LogP contribution in [-0.4, -0.2) is 19.2 Å². The fourth-order valence-corrected chi connectivity index (χ4v) is 1.77. The third-order valence-electron chi connectivity index (χ3n) is 2.51. The Morgan fingerprint density at radius 1 is 1.24 bits per heavy atom. The summed E-state index contributed by atoms with van der Waals surface area (Å²) in [5.41, 5.74) is 7.10. The molecule has 1 aromatic rings. The van der Waals surface area contributed by atoms with Gasteiger partial charge in [0.15, 0.2) is 0 Å². The third kappa shape index (κ3) is 5.59. The van der Waals surface area contributed by atoms with Crippen molar-refractivity contribution >= 4 is 5.69 Å². The van der Waals surface area contributed by atoms with E-state index >= 15 is 0 Å². The molecule has 0 aromatic heterocycles. The van der Waals surface area contributed by atoms with Gasteiger partial charge in [0.2, 0.25) is 0 Å². The number of rotatable bonds is 7. The van der Waals surface area contributed by atoms with Crippen molar-refractivity contribution in [1.82, 2.24) is 0 Å². The third-order valence-corrected chi connectivity index (χ3v) is 2.51. The second kappa shape index (κ2) is 7.17. The number of nitrogens with one attached hydrogen (secondary N) is 1. The molecule has 0 saturated heterocycles. The van der Waals surface area contributed by atoms with Crippen molar-refractivity contribution < 1.29 is 4.74 Å². The summed E-state index contributed by atoms with van der Waals surface area (Å²) in [4.78, 5) is 0. The first kappa shape index (κ1) is 13.8. The van der Waals surface area contributed by atoms with E-state index in [2.05, 4.69) is 19.2 Å². The summed E-state index contributed by atoms with van der Waals surface area (Å²) in [5.74, 6) is 1.55. The smallest absolute Gasteiger partial charge is 0.119 e. The van der Waals surface area contributed by atoms with Gasteiger partial charge in [-0.2, -0.15) is 0 Å². The lowest BCUT2D eigenvalue weighted by Crippen LogP contribution is -2.30. The Kier molecular flexibility index (Phi) is 5.84. The lowest BCUT2D eigenvalue weighted by Gasteiger charge is -2.15. The summed E-state index contributed by atoms with van der Waals surface area (Å²) in [6.45, 7) is 7.88. The molecule has 1 atom stereocenters. The molecule has 0 bridgehead atoms. The quantitative estimate of drug-likeness (QED) is 0.765. The molecule has 0 heterocycles. The van der Waals surface area contributed by atoms with Crippen LogP contribution in [-0.2, 0) is 0 Å². The molecular weight excluding hydrogens is 212 g/mol. The van der Waals surface area contributed by atoms with Gasteiger partial charge >= 0.3 is 0 Å². The normalized spacial score (nSPS) is 12.5. The summed E-state index contributed by atoms with van der Waals surface area (Å²) < 4.78 is 5.39. The van der Waals surface area contributed by atoms with Crippen LogP contribution < -0.4 is 15.8 Å². The van der Waals surface area contributed by atoms with Crippen LogP contribution in [0.15, 0.2) is 24.3 Å². The maximum absolute atomic E-state index is 6.01. The van der Waals surface area contributed by atoms with E-state index in [1.807, 2.05) is 31.2 Å². The standard InChI is InChI=1S/C14H24N2O/c1-4-17-14-7-5-13(6-8-14)16-10-12(15)9-11(2)3/h5-8,11-12,16H,4,9-10,15H2,1-3H3. The van der Waals surface area contributed by atoms with E-state index in [0.29, 0.717) is 12.5 Å². The molecule has 0 amide bonds. The molecule has 0 aliphatic rings. The van der Waals surface area contributed by atoms with E-state index in [4.69, 9.17) is 10.5 Å². The van der Waals surface area contributed by atoms with Crippen LogP contribution in [0.2, 0.25) is 0 Å². The van der Waals surface area contributed by atoms with Crippen LogP contribution in [0, 0.1) is 5.92 Å². The molecule has 3 nitrogen and oxygen atoms in total. The molecule has 0 saturated carbocycles. The van der Waals surface area contributed by atoms with E-state index in [-0.39, 0.29) is 6.04 Å². The first-order chi connectivity index (χ1) is 8.11. The molecule has 96 valence electrons. The molecule has 3 heteroatoms. The van der Waals surface area contributed by atoms with Crippen LogP contribution in [0.4, 0.5) is 5.69 Å². The Morgan fingerprint density at radius 2 is 1.88 bits per heavy atom. The van der Waals surface area contributed by atoms with Crippen LogP contribution in [0.1, 0.15) is 27.2 Å². The van der Waals surface area contributed by atoms with Gasteiger partial charge in [0.25, 0.3) is 0 Å². The van der Waals surface area contributed by atoms with Crippen molar-refractivity contribution in [3.05, 3.63) is 24.3 Å². The number of ether oxygens (including phenoxy) is 1. The van der Waals surface area contributed by atoms with Gasteiger partial charge in [-0.3, -0.25) is 0 Å². The monoisotopic (exact) mass is 236 g/mol. The second-order valence-electron chi connectivity index (χ2n) is 4.73. The Labute approximate surface area is 104 Å². The predicted molar refractivity (Wildman–Crippen MR) is 73.5 cm³/mol. The van der Waals surface area contributed by atoms with Gasteiger partial charge in [0, 0.05) is 18.3 Å². The van der Waals surface area contributed by atoms with Crippen LogP contribution >= 0.6 is 0 Å². The van der Waals surface area contributed by atoms with E-state index in [9.17, 15) is 0 Å². The Morgan fingerprint density at radius 3 is 2.41 bits per heavy atom. The van der Waals surface area contributed by atoms with Crippen LogP contribution in [0.3, 0.4) is 0 Å². The van der Waals surface area contributed by atoms with Crippen LogP contribution in [0.5, 0.6) is 5.75 Å². The van der Waals surface area contributed by atoms with E-state index in [1.165, 1.54) is 0 Å². The zero-order valence-electron chi connectivity index (χ0n) is 11.1. The molecule has 0 spiro atoms. The average Bonchev–Trinajstić information content (AvgIpc) is 2.28. The van der Waals surface area contributed by atoms with Gasteiger partial charge in [0.05, 0.1) is 6.61 Å².